The number of nitrogens with one attached hydrogen (secondary N) is 1. The Morgan fingerprint density at radius 1 is 1.42 bits per heavy atom. The van der Waals surface area contributed by atoms with E-state index in [9.17, 15) is 8.78 Å². The van der Waals surface area contributed by atoms with Crippen LogP contribution in [0.5, 0.6) is 0 Å². The molecule has 1 aromatic heterocycles. The number of thiazole rings is 1. The Balaban J connectivity index is 1.75. The van der Waals surface area contributed by atoms with Crippen molar-refractivity contribution in [2.75, 3.05) is 18.9 Å². The van der Waals surface area contributed by atoms with E-state index in [0.29, 0.717) is 29.5 Å². The van der Waals surface area contributed by atoms with Crippen molar-refractivity contribution in [1.29, 1.82) is 0 Å². The van der Waals surface area contributed by atoms with Crippen molar-refractivity contribution in [1.82, 2.24) is 14.6 Å². The molecule has 0 amide bonds. The van der Waals surface area contributed by atoms with Crippen molar-refractivity contribution < 1.29 is 13.9 Å². The Hall–Kier alpha value is -1.84. The van der Waals surface area contributed by atoms with Gasteiger partial charge in [0.05, 0.1) is 29.4 Å². The van der Waals surface area contributed by atoms with E-state index >= 15 is 0 Å². The fraction of sp³-hybridized carbons (Fsp3) is 0.267. The Kier molecular flexibility index (Phi) is 5.22. The van der Waals surface area contributed by atoms with E-state index in [1.165, 1.54) is 29.4 Å². The first-order valence-electron chi connectivity index (χ1n) is 7.23. The lowest BCUT2D eigenvalue weighted by Crippen LogP contribution is -2.23. The summed E-state index contributed by atoms with van der Waals surface area (Å²) in [6.45, 7) is 0.928. The largest absolute Gasteiger partial charge is 0.395 e. The number of aliphatic hydroxyl groups is 1. The maximum Gasteiger partial charge on any atom is 0.180 e. The Bertz CT molecular complexity index is 766. The molecule has 2 heterocycles. The predicted molar refractivity (Wildman–Crippen MR) is 92.8 cm³/mol. The molecule has 0 fully saturated rings. The fourth-order valence-corrected chi connectivity index (χ4v) is 4.04. The van der Waals surface area contributed by atoms with Gasteiger partial charge in [-0.05, 0) is 18.0 Å². The van der Waals surface area contributed by atoms with Crippen LogP contribution in [-0.2, 0) is 12.3 Å². The van der Waals surface area contributed by atoms with Crippen molar-refractivity contribution in [2.45, 2.75) is 12.3 Å². The van der Waals surface area contributed by atoms with Crippen molar-refractivity contribution in [3.63, 3.8) is 0 Å². The summed E-state index contributed by atoms with van der Waals surface area (Å²) in [5.74, 6) is -1.37. The van der Waals surface area contributed by atoms with Gasteiger partial charge in [0.25, 0.3) is 0 Å². The lowest BCUT2D eigenvalue weighted by molar-refractivity contribution is 0.299. The zero-order valence-electron chi connectivity index (χ0n) is 12.6. The Morgan fingerprint density at radius 3 is 3.04 bits per heavy atom. The number of benzene rings is 1. The minimum atomic E-state index is -0.845. The number of hydrogen-bond acceptors (Lipinski definition) is 7. The summed E-state index contributed by atoms with van der Waals surface area (Å²) in [5, 5.41) is 12.6. The second-order valence-electron chi connectivity index (χ2n) is 5.08. The molecule has 24 heavy (non-hydrogen) atoms. The molecule has 0 spiro atoms. The molecular weight excluding hydrogens is 354 g/mol. The maximum absolute atomic E-state index is 13.8. The number of nitrogen functional groups attached to an aromatic ring is 1. The summed E-state index contributed by atoms with van der Waals surface area (Å²) in [4.78, 5) is 5.25. The Labute approximate surface area is 146 Å². The highest BCUT2D eigenvalue weighted by Gasteiger charge is 2.22. The van der Waals surface area contributed by atoms with Crippen LogP contribution in [0.25, 0.3) is 5.70 Å². The first-order valence-corrected chi connectivity index (χ1v) is 8.99. The van der Waals surface area contributed by atoms with Gasteiger partial charge in [-0.1, -0.05) is 23.5 Å². The van der Waals surface area contributed by atoms with E-state index in [4.69, 9.17) is 10.8 Å². The average molecular weight is 370 g/mol. The van der Waals surface area contributed by atoms with Gasteiger partial charge in [-0.2, -0.15) is 0 Å². The summed E-state index contributed by atoms with van der Waals surface area (Å²) in [5.41, 5.74) is 7.73. The molecule has 5 nitrogen and oxygen atoms in total. The summed E-state index contributed by atoms with van der Waals surface area (Å²) >= 11 is 2.73. The van der Waals surface area contributed by atoms with Crippen LogP contribution in [0.1, 0.15) is 16.1 Å². The van der Waals surface area contributed by atoms with Crippen LogP contribution in [0.15, 0.2) is 24.4 Å². The van der Waals surface area contributed by atoms with Crippen LogP contribution < -0.4 is 11.1 Å². The molecule has 3 rings (SSSR count). The molecule has 0 saturated heterocycles. The fourth-order valence-electron chi connectivity index (χ4n) is 2.30. The number of nitrogens with two attached hydrogens (primary N) is 1. The van der Waals surface area contributed by atoms with Crippen LogP contribution >= 0.6 is 23.3 Å². The van der Waals surface area contributed by atoms with Gasteiger partial charge in [0.15, 0.2) is 16.8 Å². The summed E-state index contributed by atoms with van der Waals surface area (Å²) in [7, 11) is 0. The summed E-state index contributed by atoms with van der Waals surface area (Å²) in [6.07, 6.45) is 1.87. The SMILES string of the molecule is Nc1nc2c(s1)C(NCCO)=CN(SCc1cccc(F)c1F)C2. The number of aliphatic hydroxyl groups excluding tert-OH is 1. The zero-order valence-corrected chi connectivity index (χ0v) is 14.3. The van der Waals surface area contributed by atoms with Gasteiger partial charge in [0, 0.05) is 24.1 Å². The van der Waals surface area contributed by atoms with Crippen molar-refractivity contribution >= 4 is 34.1 Å². The third-order valence-electron chi connectivity index (χ3n) is 3.38. The van der Waals surface area contributed by atoms with E-state index in [1.54, 1.807) is 6.07 Å². The van der Waals surface area contributed by atoms with Gasteiger partial charge in [-0.3, -0.25) is 0 Å². The molecule has 0 bridgehead atoms. The van der Waals surface area contributed by atoms with Crippen molar-refractivity contribution in [3.05, 3.63) is 52.2 Å². The minimum absolute atomic E-state index is 0.00258. The number of fused-ring (bicyclic) bond motifs is 1. The summed E-state index contributed by atoms with van der Waals surface area (Å²) < 4.78 is 28.9. The molecule has 0 radical (unpaired) electrons. The van der Waals surface area contributed by atoms with E-state index in [0.717, 1.165) is 22.3 Å². The highest BCUT2D eigenvalue weighted by atomic mass is 32.2. The van der Waals surface area contributed by atoms with E-state index < -0.39 is 11.6 Å². The molecule has 128 valence electrons. The number of nitrogens with zero attached hydrogens (tertiary/aromatic N) is 2. The predicted octanol–water partition coefficient (Wildman–Crippen LogP) is 2.55. The molecule has 9 heteroatoms. The molecule has 0 aliphatic carbocycles. The first-order chi connectivity index (χ1) is 11.6. The highest BCUT2D eigenvalue weighted by molar-refractivity contribution is 7.96. The van der Waals surface area contributed by atoms with Crippen LogP contribution in [-0.4, -0.2) is 27.5 Å². The van der Waals surface area contributed by atoms with Crippen molar-refractivity contribution in [2.24, 2.45) is 0 Å². The standard InChI is InChI=1S/C15H16F2N4OS2/c16-10-3-1-2-9(13(10)17)8-23-21-6-11(19-4-5-22)14-12(7-21)20-15(18)24-14/h1-3,6,19,22H,4-5,7-8H2,(H2,18,20). The van der Waals surface area contributed by atoms with Crippen molar-refractivity contribution in [3.8, 4) is 0 Å². The van der Waals surface area contributed by atoms with Gasteiger partial charge in [-0.25, -0.2) is 13.8 Å². The second-order valence-corrected chi connectivity index (χ2v) is 7.13. The smallest absolute Gasteiger partial charge is 0.180 e. The number of rotatable bonds is 6. The lowest BCUT2D eigenvalue weighted by Gasteiger charge is -2.25. The zero-order chi connectivity index (χ0) is 17.1. The number of aromatic nitrogens is 1. The Morgan fingerprint density at radius 2 is 2.25 bits per heavy atom. The molecule has 1 aromatic carbocycles. The summed E-state index contributed by atoms with van der Waals surface area (Å²) in [6, 6.07) is 4.16. The normalized spacial score (nSPS) is 13.6. The topological polar surface area (TPSA) is 74.4 Å². The third-order valence-corrected chi connectivity index (χ3v) is 5.35. The highest BCUT2D eigenvalue weighted by Crippen LogP contribution is 2.35. The molecule has 0 unspecified atom stereocenters. The minimum Gasteiger partial charge on any atom is -0.395 e. The van der Waals surface area contributed by atoms with Crippen LogP contribution in [0.3, 0.4) is 0 Å². The van der Waals surface area contributed by atoms with Crippen LogP contribution in [0.4, 0.5) is 13.9 Å². The van der Waals surface area contributed by atoms with Gasteiger partial charge in [0.2, 0.25) is 0 Å². The van der Waals surface area contributed by atoms with E-state index in [2.05, 4.69) is 10.3 Å². The van der Waals surface area contributed by atoms with E-state index in [-0.39, 0.29) is 6.61 Å². The molecule has 1 aliphatic heterocycles. The maximum atomic E-state index is 13.8. The van der Waals surface area contributed by atoms with Crippen LogP contribution in [0, 0.1) is 11.6 Å². The quantitative estimate of drug-likeness (QED) is 0.679. The molecule has 0 saturated carbocycles. The molecule has 2 aromatic rings. The van der Waals surface area contributed by atoms with Gasteiger partial charge < -0.3 is 20.5 Å². The first kappa shape index (κ1) is 17.0. The number of anilines is 1. The number of hydrogen-bond donors (Lipinski definition) is 3. The van der Waals surface area contributed by atoms with Crippen LogP contribution in [0.2, 0.25) is 0 Å². The number of halogens is 2. The third kappa shape index (κ3) is 3.63. The lowest BCUT2D eigenvalue weighted by atomic mass is 10.2. The molecule has 4 N–H and O–H groups in total. The van der Waals surface area contributed by atoms with Gasteiger partial charge in [0.1, 0.15) is 0 Å². The second kappa shape index (κ2) is 7.37. The monoisotopic (exact) mass is 370 g/mol. The average Bonchev–Trinajstić information content (AvgIpc) is 2.94. The van der Waals surface area contributed by atoms with E-state index in [1.807, 2.05) is 10.5 Å². The van der Waals surface area contributed by atoms with Gasteiger partial charge >= 0.3 is 0 Å². The molecule has 0 atom stereocenters. The van der Waals surface area contributed by atoms with Gasteiger partial charge in [-0.15, -0.1) is 0 Å². The molecule has 1 aliphatic rings. The molecular formula is C15H16F2N4OS2.